The molecule has 0 aliphatic carbocycles. The number of anilines is 1. The first-order valence-corrected chi connectivity index (χ1v) is 6.90. The summed E-state index contributed by atoms with van der Waals surface area (Å²) in [7, 11) is 0. The maximum absolute atomic E-state index is 6.23. The third kappa shape index (κ3) is 2.38. The van der Waals surface area contributed by atoms with Crippen molar-refractivity contribution >= 4 is 5.82 Å². The van der Waals surface area contributed by atoms with Crippen LogP contribution in [0.1, 0.15) is 25.3 Å². The first-order chi connectivity index (χ1) is 10.2. The monoisotopic (exact) mass is 279 g/mol. The van der Waals surface area contributed by atoms with Gasteiger partial charge in [-0.15, -0.1) is 5.10 Å². The summed E-state index contributed by atoms with van der Waals surface area (Å²) in [5, 5.41) is 8.40. The Hall–Kier alpha value is -2.69. The van der Waals surface area contributed by atoms with Gasteiger partial charge in [0.2, 0.25) is 0 Å². The molecule has 106 valence electrons. The molecule has 0 unspecified atom stereocenters. The van der Waals surface area contributed by atoms with E-state index in [2.05, 4.69) is 35.2 Å². The number of para-hydroxylation sites is 1. The van der Waals surface area contributed by atoms with Crippen molar-refractivity contribution < 1.29 is 0 Å². The molecule has 2 N–H and O–H groups in total. The molecular formula is C16H17N5. The van der Waals surface area contributed by atoms with Gasteiger partial charge in [0.05, 0.1) is 11.4 Å². The maximum atomic E-state index is 6.23. The Morgan fingerprint density at radius 1 is 1.05 bits per heavy atom. The highest BCUT2D eigenvalue weighted by Gasteiger charge is 2.16. The van der Waals surface area contributed by atoms with E-state index in [4.69, 9.17) is 5.73 Å². The topological polar surface area (TPSA) is 69.6 Å². The fourth-order valence-corrected chi connectivity index (χ4v) is 2.32. The van der Waals surface area contributed by atoms with Crippen LogP contribution in [0.15, 0.2) is 48.7 Å². The van der Waals surface area contributed by atoms with Gasteiger partial charge in [-0.2, -0.15) is 4.68 Å². The minimum atomic E-state index is 0.378. The van der Waals surface area contributed by atoms with Gasteiger partial charge in [0.15, 0.2) is 11.5 Å². The summed E-state index contributed by atoms with van der Waals surface area (Å²) in [4.78, 5) is 4.28. The Kier molecular flexibility index (Phi) is 3.39. The van der Waals surface area contributed by atoms with Gasteiger partial charge in [0.25, 0.3) is 0 Å². The average molecular weight is 279 g/mol. The first kappa shape index (κ1) is 13.3. The second kappa shape index (κ2) is 5.36. The summed E-state index contributed by atoms with van der Waals surface area (Å²) in [5.74, 6) is 0.880. The Morgan fingerprint density at radius 3 is 2.52 bits per heavy atom. The molecular weight excluding hydrogens is 262 g/mol. The molecule has 0 fully saturated rings. The maximum Gasteiger partial charge on any atom is 0.157 e. The Morgan fingerprint density at radius 2 is 1.81 bits per heavy atom. The molecule has 0 aliphatic rings. The van der Waals surface area contributed by atoms with Gasteiger partial charge in [-0.1, -0.05) is 43.3 Å². The molecule has 1 aromatic carbocycles. The van der Waals surface area contributed by atoms with Crippen molar-refractivity contribution in [2.45, 2.75) is 19.8 Å². The molecule has 0 saturated carbocycles. The second-order valence-electron chi connectivity index (χ2n) is 5.16. The van der Waals surface area contributed by atoms with Crippen LogP contribution in [0.2, 0.25) is 0 Å². The molecule has 3 rings (SSSR count). The van der Waals surface area contributed by atoms with Crippen molar-refractivity contribution in [3.63, 3.8) is 0 Å². The predicted molar refractivity (Wildman–Crippen MR) is 83.1 cm³/mol. The van der Waals surface area contributed by atoms with Gasteiger partial charge in [-0.25, -0.2) is 0 Å². The number of pyridine rings is 1. The summed E-state index contributed by atoms with van der Waals surface area (Å²) in [6.07, 6.45) is 1.72. The molecule has 0 amide bonds. The highest BCUT2D eigenvalue weighted by molar-refractivity contribution is 5.68. The van der Waals surface area contributed by atoms with E-state index in [1.165, 1.54) is 5.56 Å². The van der Waals surface area contributed by atoms with Crippen LogP contribution in [0.4, 0.5) is 5.82 Å². The van der Waals surface area contributed by atoms with E-state index in [9.17, 15) is 0 Å². The molecule has 0 radical (unpaired) electrons. The molecule has 0 spiro atoms. The van der Waals surface area contributed by atoms with E-state index < -0.39 is 0 Å². The summed E-state index contributed by atoms with van der Waals surface area (Å²) < 4.78 is 1.68. The van der Waals surface area contributed by atoms with Crippen LogP contribution in [0.5, 0.6) is 0 Å². The van der Waals surface area contributed by atoms with Crippen molar-refractivity contribution in [1.82, 2.24) is 20.0 Å². The van der Waals surface area contributed by atoms with Crippen LogP contribution in [-0.2, 0) is 0 Å². The molecule has 0 saturated heterocycles. The molecule has 0 bridgehead atoms. The summed E-state index contributed by atoms with van der Waals surface area (Å²) in [5.41, 5.74) is 9.71. The Labute approximate surface area is 123 Å². The Balaban J connectivity index is 2.12. The summed E-state index contributed by atoms with van der Waals surface area (Å²) >= 11 is 0. The fraction of sp³-hybridized carbons (Fsp3) is 0.188. The van der Waals surface area contributed by atoms with Crippen molar-refractivity contribution in [2.24, 2.45) is 0 Å². The SMILES string of the molecule is CC(C)c1ccccc1-n1nnc(-c2ccccn2)c1N. The minimum Gasteiger partial charge on any atom is -0.382 e. The van der Waals surface area contributed by atoms with E-state index in [0.717, 1.165) is 11.4 Å². The van der Waals surface area contributed by atoms with Gasteiger partial charge in [-0.3, -0.25) is 4.98 Å². The van der Waals surface area contributed by atoms with Crippen molar-refractivity contribution in [2.75, 3.05) is 5.73 Å². The number of rotatable bonds is 3. The lowest BCUT2D eigenvalue weighted by Gasteiger charge is -2.12. The third-order valence-corrected chi connectivity index (χ3v) is 3.40. The van der Waals surface area contributed by atoms with Crippen molar-refractivity contribution in [3.05, 3.63) is 54.2 Å². The lowest BCUT2D eigenvalue weighted by atomic mass is 10.0. The van der Waals surface area contributed by atoms with Gasteiger partial charge in [0.1, 0.15) is 0 Å². The quantitative estimate of drug-likeness (QED) is 0.800. The largest absolute Gasteiger partial charge is 0.382 e. The third-order valence-electron chi connectivity index (χ3n) is 3.40. The van der Waals surface area contributed by atoms with Crippen LogP contribution < -0.4 is 5.73 Å². The Bertz CT molecular complexity index is 746. The van der Waals surface area contributed by atoms with Gasteiger partial charge >= 0.3 is 0 Å². The van der Waals surface area contributed by atoms with Gasteiger partial charge in [0, 0.05) is 6.20 Å². The second-order valence-corrected chi connectivity index (χ2v) is 5.16. The molecule has 5 nitrogen and oxygen atoms in total. The number of nitrogen functional groups attached to an aromatic ring is 1. The lowest BCUT2D eigenvalue weighted by Crippen LogP contribution is -2.06. The van der Waals surface area contributed by atoms with E-state index in [1.54, 1.807) is 10.9 Å². The van der Waals surface area contributed by atoms with Crippen LogP contribution in [0.3, 0.4) is 0 Å². The molecule has 3 aromatic rings. The summed E-state index contributed by atoms with van der Waals surface area (Å²) in [6.45, 7) is 4.29. The fourth-order valence-electron chi connectivity index (χ4n) is 2.32. The molecule has 2 heterocycles. The molecule has 2 aromatic heterocycles. The van der Waals surface area contributed by atoms with Gasteiger partial charge in [-0.05, 0) is 29.7 Å². The lowest BCUT2D eigenvalue weighted by molar-refractivity contribution is 0.776. The number of benzene rings is 1. The average Bonchev–Trinajstić information content (AvgIpc) is 2.89. The number of nitrogens with two attached hydrogens (primary N) is 1. The molecule has 0 atom stereocenters. The smallest absolute Gasteiger partial charge is 0.157 e. The van der Waals surface area contributed by atoms with E-state index in [0.29, 0.717) is 17.4 Å². The van der Waals surface area contributed by atoms with Crippen molar-refractivity contribution in [3.8, 4) is 17.1 Å². The number of nitrogens with zero attached hydrogens (tertiary/aromatic N) is 4. The number of aromatic nitrogens is 4. The van der Waals surface area contributed by atoms with E-state index >= 15 is 0 Å². The highest BCUT2D eigenvalue weighted by Crippen LogP contribution is 2.27. The van der Waals surface area contributed by atoms with Gasteiger partial charge < -0.3 is 5.73 Å². The minimum absolute atomic E-state index is 0.378. The zero-order valence-electron chi connectivity index (χ0n) is 12.1. The number of hydrogen-bond donors (Lipinski definition) is 1. The van der Waals surface area contributed by atoms with Crippen LogP contribution in [0, 0.1) is 0 Å². The normalized spacial score (nSPS) is 11.0. The molecule has 0 aliphatic heterocycles. The standard InChI is InChI=1S/C16H17N5/c1-11(2)12-7-3-4-9-14(12)21-16(17)15(19-20-21)13-8-5-6-10-18-13/h3-11H,17H2,1-2H3. The first-order valence-electron chi connectivity index (χ1n) is 6.90. The van der Waals surface area contributed by atoms with Crippen LogP contribution in [0.25, 0.3) is 17.1 Å². The molecule has 5 heteroatoms. The predicted octanol–water partition coefficient (Wildman–Crippen LogP) is 3.03. The molecule has 21 heavy (non-hydrogen) atoms. The van der Waals surface area contributed by atoms with E-state index in [-0.39, 0.29) is 0 Å². The van der Waals surface area contributed by atoms with Crippen molar-refractivity contribution in [1.29, 1.82) is 0 Å². The number of hydrogen-bond acceptors (Lipinski definition) is 4. The highest BCUT2D eigenvalue weighted by atomic mass is 15.5. The van der Waals surface area contributed by atoms with Crippen LogP contribution in [-0.4, -0.2) is 20.0 Å². The zero-order valence-corrected chi connectivity index (χ0v) is 12.1. The van der Waals surface area contributed by atoms with Crippen LogP contribution >= 0.6 is 0 Å². The zero-order chi connectivity index (χ0) is 14.8. The summed E-state index contributed by atoms with van der Waals surface area (Å²) in [6, 6.07) is 13.7. The van der Waals surface area contributed by atoms with E-state index in [1.807, 2.05) is 36.4 Å².